The van der Waals surface area contributed by atoms with Gasteiger partial charge in [-0.15, -0.1) is 11.3 Å². The number of hydrogen-bond donors (Lipinski definition) is 2. The first-order valence-corrected chi connectivity index (χ1v) is 6.70. The molecule has 0 aromatic carbocycles. The third-order valence-corrected chi connectivity index (χ3v) is 3.91. The van der Waals surface area contributed by atoms with Gasteiger partial charge >= 0.3 is 5.97 Å². The molecule has 5 nitrogen and oxygen atoms in total. The van der Waals surface area contributed by atoms with E-state index >= 15 is 0 Å². The van der Waals surface area contributed by atoms with Gasteiger partial charge in [-0.25, -0.2) is 9.78 Å². The Morgan fingerprint density at radius 3 is 2.39 bits per heavy atom. The number of amides is 1. The van der Waals surface area contributed by atoms with Crippen LogP contribution < -0.4 is 5.32 Å². The molecule has 0 aliphatic carbocycles. The fourth-order valence-corrected chi connectivity index (χ4v) is 2.09. The van der Waals surface area contributed by atoms with Crippen molar-refractivity contribution in [1.29, 1.82) is 0 Å². The molecule has 0 aliphatic heterocycles. The number of carboxylic acids is 1. The lowest BCUT2D eigenvalue weighted by molar-refractivity contribution is -0.126. The Balaban J connectivity index is 2.67. The highest BCUT2D eigenvalue weighted by atomic mass is 32.1. The number of rotatable bonds is 5. The van der Waals surface area contributed by atoms with Gasteiger partial charge < -0.3 is 10.4 Å². The van der Waals surface area contributed by atoms with E-state index in [1.54, 1.807) is 6.92 Å². The summed E-state index contributed by atoms with van der Waals surface area (Å²) in [6.45, 7) is 7.65. The van der Waals surface area contributed by atoms with Gasteiger partial charge in [0.1, 0.15) is 5.01 Å². The van der Waals surface area contributed by atoms with Gasteiger partial charge in [-0.2, -0.15) is 0 Å². The van der Waals surface area contributed by atoms with Gasteiger partial charge in [-0.1, -0.05) is 20.8 Å². The third kappa shape index (κ3) is 3.53. The predicted octanol–water partition coefficient (Wildman–Crippen LogP) is 2.31. The van der Waals surface area contributed by atoms with E-state index in [0.717, 1.165) is 0 Å². The van der Waals surface area contributed by atoms with Crippen LogP contribution in [0, 0.1) is 11.8 Å². The largest absolute Gasteiger partial charge is 0.476 e. The Labute approximate surface area is 110 Å². The first kappa shape index (κ1) is 14.6. The summed E-state index contributed by atoms with van der Waals surface area (Å²) in [5.74, 6) is -0.898. The summed E-state index contributed by atoms with van der Waals surface area (Å²) in [4.78, 5) is 26.5. The van der Waals surface area contributed by atoms with E-state index in [2.05, 4.69) is 10.3 Å². The summed E-state index contributed by atoms with van der Waals surface area (Å²) in [6.07, 6.45) is 0. The molecule has 0 spiro atoms. The zero-order valence-corrected chi connectivity index (χ0v) is 11.7. The maximum Gasteiger partial charge on any atom is 0.355 e. The highest BCUT2D eigenvalue weighted by Gasteiger charge is 2.21. The van der Waals surface area contributed by atoms with Gasteiger partial charge in [0.2, 0.25) is 5.91 Å². The summed E-state index contributed by atoms with van der Waals surface area (Å²) >= 11 is 1.24. The van der Waals surface area contributed by atoms with Crippen molar-refractivity contribution in [2.45, 2.75) is 33.7 Å². The molecule has 2 unspecified atom stereocenters. The Bertz CT molecular complexity index is 442. The van der Waals surface area contributed by atoms with Crippen LogP contribution in [0.4, 0.5) is 0 Å². The number of hydrogen-bond acceptors (Lipinski definition) is 4. The Hall–Kier alpha value is -1.43. The van der Waals surface area contributed by atoms with Crippen LogP contribution >= 0.6 is 11.3 Å². The minimum Gasteiger partial charge on any atom is -0.476 e. The summed E-state index contributed by atoms with van der Waals surface area (Å²) in [7, 11) is 0. The van der Waals surface area contributed by atoms with Crippen LogP contribution in [0.2, 0.25) is 0 Å². The second-order valence-corrected chi connectivity index (χ2v) is 5.53. The van der Waals surface area contributed by atoms with E-state index in [0.29, 0.717) is 5.01 Å². The summed E-state index contributed by atoms with van der Waals surface area (Å²) in [6, 6.07) is -0.267. The number of carbonyl (C=O) groups excluding carboxylic acids is 1. The highest BCUT2D eigenvalue weighted by Crippen LogP contribution is 2.19. The molecule has 0 fully saturated rings. The van der Waals surface area contributed by atoms with Gasteiger partial charge in [-0.05, 0) is 12.8 Å². The predicted molar refractivity (Wildman–Crippen MR) is 69.6 cm³/mol. The first-order valence-electron chi connectivity index (χ1n) is 5.82. The topological polar surface area (TPSA) is 79.3 Å². The standard InChI is InChI=1S/C12H18N2O3S/c1-6(2)7(3)10(15)13-8(4)11-14-9(5-18-11)12(16)17/h5-8H,1-4H3,(H,13,15)(H,16,17). The number of carboxylic acid groups (broad SMARTS) is 1. The van der Waals surface area contributed by atoms with Crippen LogP contribution in [0.25, 0.3) is 0 Å². The highest BCUT2D eigenvalue weighted by molar-refractivity contribution is 7.09. The maximum atomic E-state index is 11.9. The lowest BCUT2D eigenvalue weighted by Crippen LogP contribution is -2.33. The lowest BCUT2D eigenvalue weighted by atomic mass is 9.97. The molecule has 1 aromatic rings. The number of aromatic carboxylic acids is 1. The van der Waals surface area contributed by atoms with Crippen LogP contribution in [0.1, 0.15) is 49.2 Å². The zero-order valence-electron chi connectivity index (χ0n) is 10.9. The monoisotopic (exact) mass is 270 g/mol. The van der Waals surface area contributed by atoms with Crippen molar-refractivity contribution in [3.05, 3.63) is 16.1 Å². The number of carbonyl (C=O) groups is 2. The van der Waals surface area contributed by atoms with Crippen molar-refractivity contribution < 1.29 is 14.7 Å². The molecule has 0 aliphatic rings. The smallest absolute Gasteiger partial charge is 0.355 e. The van der Waals surface area contributed by atoms with E-state index < -0.39 is 5.97 Å². The van der Waals surface area contributed by atoms with Crippen LogP contribution in [0.5, 0.6) is 0 Å². The fraction of sp³-hybridized carbons (Fsp3) is 0.583. The second-order valence-electron chi connectivity index (χ2n) is 4.64. The lowest BCUT2D eigenvalue weighted by Gasteiger charge is -2.18. The van der Waals surface area contributed by atoms with Crippen molar-refractivity contribution in [1.82, 2.24) is 10.3 Å². The maximum absolute atomic E-state index is 11.9. The Kier molecular flexibility index (Phi) is 4.84. The molecular formula is C12H18N2O3S. The van der Waals surface area contributed by atoms with E-state index in [4.69, 9.17) is 5.11 Å². The number of thiazole rings is 1. The average molecular weight is 270 g/mol. The van der Waals surface area contributed by atoms with Crippen molar-refractivity contribution >= 4 is 23.2 Å². The molecule has 1 heterocycles. The molecule has 100 valence electrons. The summed E-state index contributed by atoms with van der Waals surface area (Å²) in [5.41, 5.74) is 0.0213. The molecule has 1 amide bonds. The molecule has 2 N–H and O–H groups in total. The van der Waals surface area contributed by atoms with E-state index in [1.807, 2.05) is 20.8 Å². The quantitative estimate of drug-likeness (QED) is 0.860. The third-order valence-electron chi connectivity index (χ3n) is 2.88. The van der Waals surface area contributed by atoms with E-state index in [1.165, 1.54) is 16.7 Å². The molecule has 2 atom stereocenters. The summed E-state index contributed by atoms with van der Waals surface area (Å²) in [5, 5.41) is 13.7. The van der Waals surface area contributed by atoms with Crippen molar-refractivity contribution in [2.24, 2.45) is 11.8 Å². The number of nitrogens with one attached hydrogen (secondary N) is 1. The molecule has 1 aromatic heterocycles. The normalized spacial score (nSPS) is 14.3. The van der Waals surface area contributed by atoms with Crippen molar-refractivity contribution in [3.8, 4) is 0 Å². The minimum absolute atomic E-state index is 0.0213. The summed E-state index contributed by atoms with van der Waals surface area (Å²) < 4.78 is 0. The molecule has 0 saturated heterocycles. The van der Waals surface area contributed by atoms with Crippen molar-refractivity contribution in [2.75, 3.05) is 0 Å². The minimum atomic E-state index is -1.05. The molecule has 18 heavy (non-hydrogen) atoms. The number of nitrogens with zero attached hydrogens (tertiary/aromatic N) is 1. The fourth-order valence-electron chi connectivity index (χ4n) is 1.29. The van der Waals surface area contributed by atoms with Gasteiger partial charge in [0.25, 0.3) is 0 Å². The van der Waals surface area contributed by atoms with Crippen LogP contribution in [0.15, 0.2) is 5.38 Å². The molecule has 0 saturated carbocycles. The Morgan fingerprint density at radius 2 is 1.94 bits per heavy atom. The first-order chi connectivity index (χ1) is 8.32. The molecule has 6 heteroatoms. The van der Waals surface area contributed by atoms with Crippen LogP contribution in [0.3, 0.4) is 0 Å². The number of aromatic nitrogens is 1. The molecule has 1 rings (SSSR count). The van der Waals surface area contributed by atoms with Gasteiger partial charge in [0.15, 0.2) is 5.69 Å². The van der Waals surface area contributed by atoms with Gasteiger partial charge in [-0.3, -0.25) is 4.79 Å². The van der Waals surface area contributed by atoms with Crippen molar-refractivity contribution in [3.63, 3.8) is 0 Å². The molecular weight excluding hydrogens is 252 g/mol. The van der Waals surface area contributed by atoms with E-state index in [9.17, 15) is 9.59 Å². The molecule has 0 bridgehead atoms. The SMILES string of the molecule is CC(NC(=O)C(C)C(C)C)c1nc(C(=O)O)cs1. The molecule has 0 radical (unpaired) electrons. The van der Waals surface area contributed by atoms with Gasteiger partial charge in [0.05, 0.1) is 6.04 Å². The van der Waals surface area contributed by atoms with Crippen LogP contribution in [-0.4, -0.2) is 22.0 Å². The average Bonchev–Trinajstić information content (AvgIpc) is 2.76. The van der Waals surface area contributed by atoms with Crippen LogP contribution in [-0.2, 0) is 4.79 Å². The Morgan fingerprint density at radius 1 is 1.33 bits per heavy atom. The zero-order chi connectivity index (χ0) is 13.9. The van der Waals surface area contributed by atoms with E-state index in [-0.39, 0.29) is 29.5 Å². The second kappa shape index (κ2) is 5.95. The van der Waals surface area contributed by atoms with Gasteiger partial charge in [0, 0.05) is 11.3 Å².